The van der Waals surface area contributed by atoms with Crippen molar-refractivity contribution in [2.75, 3.05) is 13.2 Å². The Morgan fingerprint density at radius 3 is 2.44 bits per heavy atom. The van der Waals surface area contributed by atoms with Gasteiger partial charge in [0.2, 0.25) is 0 Å². The number of rotatable bonds is 7. The highest BCUT2D eigenvalue weighted by atomic mass is 16.6. The Labute approximate surface area is 107 Å². The highest BCUT2D eigenvalue weighted by molar-refractivity contribution is 5.68. The molecule has 1 atom stereocenters. The number of amides is 2. The number of alkyl carbamates (subject to hydrolysis) is 1. The van der Waals surface area contributed by atoms with Crippen LogP contribution < -0.4 is 11.1 Å². The van der Waals surface area contributed by atoms with Crippen molar-refractivity contribution in [3.05, 3.63) is 0 Å². The van der Waals surface area contributed by atoms with Gasteiger partial charge in [-0.3, -0.25) is 0 Å². The Morgan fingerprint density at radius 1 is 1.33 bits per heavy atom. The monoisotopic (exact) mass is 258 g/mol. The highest BCUT2D eigenvalue weighted by Gasteiger charge is 2.29. The zero-order valence-electron chi connectivity index (χ0n) is 11.0. The van der Waals surface area contributed by atoms with Gasteiger partial charge in [0.1, 0.15) is 13.2 Å². The second kappa shape index (κ2) is 6.47. The van der Waals surface area contributed by atoms with Crippen LogP contribution >= 0.6 is 0 Å². The SMILES string of the molecule is CCC[C@@](C)(COC(N)=O)COC(=O)NC1CC1. The summed E-state index contributed by atoms with van der Waals surface area (Å²) in [5.41, 5.74) is 4.56. The fourth-order valence-electron chi connectivity index (χ4n) is 1.71. The van der Waals surface area contributed by atoms with Gasteiger partial charge in [-0.15, -0.1) is 0 Å². The maximum Gasteiger partial charge on any atom is 0.407 e. The van der Waals surface area contributed by atoms with Crippen LogP contribution in [0.2, 0.25) is 0 Å². The molecule has 0 bridgehead atoms. The summed E-state index contributed by atoms with van der Waals surface area (Å²) in [6, 6.07) is 0.275. The first-order chi connectivity index (χ1) is 8.45. The predicted octanol–water partition coefficient (Wildman–Crippen LogP) is 1.78. The van der Waals surface area contributed by atoms with Crippen LogP contribution in [0.1, 0.15) is 39.5 Å². The number of nitrogens with two attached hydrogens (primary N) is 1. The van der Waals surface area contributed by atoms with Gasteiger partial charge in [0, 0.05) is 11.5 Å². The molecule has 3 N–H and O–H groups in total. The Kier molecular flexibility index (Phi) is 5.25. The zero-order valence-corrected chi connectivity index (χ0v) is 11.0. The number of hydrogen-bond donors (Lipinski definition) is 2. The van der Waals surface area contributed by atoms with E-state index in [9.17, 15) is 9.59 Å². The van der Waals surface area contributed by atoms with Crippen molar-refractivity contribution in [2.45, 2.75) is 45.6 Å². The summed E-state index contributed by atoms with van der Waals surface area (Å²) in [6.07, 6.45) is 2.53. The van der Waals surface area contributed by atoms with Gasteiger partial charge >= 0.3 is 12.2 Å². The van der Waals surface area contributed by atoms with Crippen molar-refractivity contribution in [1.82, 2.24) is 5.32 Å². The van der Waals surface area contributed by atoms with Crippen molar-refractivity contribution in [3.63, 3.8) is 0 Å². The minimum atomic E-state index is -0.806. The fraction of sp³-hybridized carbons (Fsp3) is 0.833. The zero-order chi connectivity index (χ0) is 13.6. The molecule has 0 radical (unpaired) electrons. The molecule has 1 aliphatic rings. The van der Waals surface area contributed by atoms with Crippen LogP contribution in [-0.2, 0) is 9.47 Å². The molecule has 2 amide bonds. The van der Waals surface area contributed by atoms with Gasteiger partial charge in [-0.05, 0) is 19.3 Å². The van der Waals surface area contributed by atoms with E-state index in [-0.39, 0.29) is 24.7 Å². The molecule has 0 saturated heterocycles. The lowest BCUT2D eigenvalue weighted by atomic mass is 9.87. The van der Waals surface area contributed by atoms with Gasteiger partial charge in [-0.25, -0.2) is 9.59 Å². The van der Waals surface area contributed by atoms with Crippen LogP contribution in [0.25, 0.3) is 0 Å². The van der Waals surface area contributed by atoms with Crippen LogP contribution in [-0.4, -0.2) is 31.4 Å². The van der Waals surface area contributed by atoms with E-state index in [1.807, 2.05) is 13.8 Å². The first kappa shape index (κ1) is 14.6. The number of primary amides is 1. The number of nitrogens with one attached hydrogen (secondary N) is 1. The summed E-state index contributed by atoms with van der Waals surface area (Å²) in [6.45, 7) is 4.30. The summed E-state index contributed by atoms with van der Waals surface area (Å²) < 4.78 is 9.97. The van der Waals surface area contributed by atoms with Crippen molar-refractivity contribution in [2.24, 2.45) is 11.1 Å². The third-order valence-electron chi connectivity index (χ3n) is 2.87. The van der Waals surface area contributed by atoms with Gasteiger partial charge in [0.15, 0.2) is 0 Å². The largest absolute Gasteiger partial charge is 0.449 e. The minimum Gasteiger partial charge on any atom is -0.449 e. The molecule has 6 heteroatoms. The smallest absolute Gasteiger partial charge is 0.407 e. The summed E-state index contributed by atoms with van der Waals surface area (Å²) in [4.78, 5) is 22.0. The minimum absolute atomic E-state index is 0.160. The molecule has 1 rings (SSSR count). The molecule has 0 aliphatic heterocycles. The lowest BCUT2D eigenvalue weighted by molar-refractivity contribution is 0.0337. The van der Waals surface area contributed by atoms with Crippen LogP contribution in [0.5, 0.6) is 0 Å². The molecular weight excluding hydrogens is 236 g/mol. The molecule has 18 heavy (non-hydrogen) atoms. The highest BCUT2D eigenvalue weighted by Crippen LogP contribution is 2.25. The molecule has 1 fully saturated rings. The second-order valence-corrected chi connectivity index (χ2v) is 5.16. The summed E-state index contributed by atoms with van der Waals surface area (Å²) >= 11 is 0. The summed E-state index contributed by atoms with van der Waals surface area (Å²) in [7, 11) is 0. The van der Waals surface area contributed by atoms with Crippen LogP contribution in [0.4, 0.5) is 9.59 Å². The Morgan fingerprint density at radius 2 is 1.94 bits per heavy atom. The lowest BCUT2D eigenvalue weighted by Gasteiger charge is -2.27. The van der Waals surface area contributed by atoms with E-state index in [0.29, 0.717) is 0 Å². The Hall–Kier alpha value is -1.46. The average Bonchev–Trinajstić information content (AvgIpc) is 3.08. The molecule has 0 aromatic rings. The van der Waals surface area contributed by atoms with Gasteiger partial charge in [0.25, 0.3) is 0 Å². The van der Waals surface area contributed by atoms with E-state index in [0.717, 1.165) is 25.7 Å². The lowest BCUT2D eigenvalue weighted by Crippen LogP contribution is -2.35. The van der Waals surface area contributed by atoms with Crippen molar-refractivity contribution in [3.8, 4) is 0 Å². The molecule has 0 spiro atoms. The number of ether oxygens (including phenoxy) is 2. The first-order valence-electron chi connectivity index (χ1n) is 6.31. The van der Waals surface area contributed by atoms with Crippen LogP contribution in [0.3, 0.4) is 0 Å². The van der Waals surface area contributed by atoms with Gasteiger partial charge in [-0.2, -0.15) is 0 Å². The maximum absolute atomic E-state index is 11.4. The van der Waals surface area contributed by atoms with E-state index < -0.39 is 12.2 Å². The molecule has 104 valence electrons. The number of hydrogen-bond acceptors (Lipinski definition) is 4. The molecule has 1 aliphatic carbocycles. The normalized spacial score (nSPS) is 17.7. The van der Waals surface area contributed by atoms with E-state index in [1.165, 1.54) is 0 Å². The van der Waals surface area contributed by atoms with Crippen LogP contribution in [0.15, 0.2) is 0 Å². The second-order valence-electron chi connectivity index (χ2n) is 5.16. The molecule has 1 saturated carbocycles. The standard InChI is InChI=1S/C12H22N2O4/c1-3-6-12(2,7-17-10(13)15)8-18-11(16)14-9-4-5-9/h9H,3-8H2,1-2H3,(H2,13,15)(H,14,16)/t12-/m0/s1. The molecule has 6 nitrogen and oxygen atoms in total. The fourth-order valence-corrected chi connectivity index (χ4v) is 1.71. The number of carbonyl (C=O) groups is 2. The Bertz CT molecular complexity index is 304. The molecule has 0 unspecified atom stereocenters. The third-order valence-corrected chi connectivity index (χ3v) is 2.87. The Balaban J connectivity index is 2.34. The maximum atomic E-state index is 11.4. The molecular formula is C12H22N2O4. The van der Waals surface area contributed by atoms with E-state index in [2.05, 4.69) is 5.32 Å². The predicted molar refractivity (Wildman–Crippen MR) is 66.1 cm³/mol. The van der Waals surface area contributed by atoms with Crippen molar-refractivity contribution >= 4 is 12.2 Å². The summed E-state index contributed by atoms with van der Waals surface area (Å²) in [5, 5.41) is 2.74. The number of carbonyl (C=O) groups excluding carboxylic acids is 2. The molecule has 0 aromatic carbocycles. The third kappa shape index (κ3) is 5.75. The van der Waals surface area contributed by atoms with Gasteiger partial charge in [0.05, 0.1) is 0 Å². The van der Waals surface area contributed by atoms with E-state index >= 15 is 0 Å². The van der Waals surface area contributed by atoms with E-state index in [4.69, 9.17) is 15.2 Å². The van der Waals surface area contributed by atoms with Crippen molar-refractivity contribution in [1.29, 1.82) is 0 Å². The summed E-state index contributed by atoms with van der Waals surface area (Å²) in [5.74, 6) is 0. The van der Waals surface area contributed by atoms with Gasteiger partial charge < -0.3 is 20.5 Å². The van der Waals surface area contributed by atoms with Gasteiger partial charge in [-0.1, -0.05) is 20.3 Å². The van der Waals surface area contributed by atoms with E-state index in [1.54, 1.807) is 0 Å². The topological polar surface area (TPSA) is 90.7 Å². The first-order valence-corrected chi connectivity index (χ1v) is 6.31. The molecule has 0 heterocycles. The van der Waals surface area contributed by atoms with Crippen LogP contribution in [0, 0.1) is 5.41 Å². The average molecular weight is 258 g/mol. The quantitative estimate of drug-likeness (QED) is 0.728. The van der Waals surface area contributed by atoms with Crippen molar-refractivity contribution < 1.29 is 19.1 Å². The molecule has 0 aromatic heterocycles.